The highest BCUT2D eigenvalue weighted by Gasteiger charge is 2.21. The molecular weight excluding hydrogens is 360 g/mol. The predicted molar refractivity (Wildman–Crippen MR) is 106 cm³/mol. The Balaban J connectivity index is 2.09. The molecule has 7 nitrogen and oxygen atoms in total. The van der Waals surface area contributed by atoms with Crippen LogP contribution in [0.25, 0.3) is 0 Å². The lowest BCUT2D eigenvalue weighted by atomic mass is 10.1. The Labute approximate surface area is 165 Å². The molecule has 2 amide bonds. The SMILES string of the molecule is COc1ccc(CN(C)C(=O)CN(C)C(=O)c2ccccc2)c(OC)c1OC. The van der Waals surface area contributed by atoms with Crippen LogP contribution in [0, 0.1) is 0 Å². The molecule has 0 aromatic heterocycles. The molecule has 2 rings (SSSR count). The van der Waals surface area contributed by atoms with Gasteiger partial charge >= 0.3 is 0 Å². The van der Waals surface area contributed by atoms with Crippen LogP contribution < -0.4 is 14.2 Å². The number of hydrogen-bond acceptors (Lipinski definition) is 5. The van der Waals surface area contributed by atoms with Gasteiger partial charge in [0.1, 0.15) is 0 Å². The third kappa shape index (κ3) is 4.73. The summed E-state index contributed by atoms with van der Waals surface area (Å²) in [5.74, 6) is 1.13. The van der Waals surface area contributed by atoms with E-state index in [1.54, 1.807) is 56.4 Å². The van der Waals surface area contributed by atoms with Crippen molar-refractivity contribution in [3.05, 3.63) is 53.6 Å². The van der Waals surface area contributed by atoms with E-state index in [1.165, 1.54) is 19.1 Å². The Morgan fingerprint density at radius 2 is 1.46 bits per heavy atom. The van der Waals surface area contributed by atoms with Crippen LogP contribution in [0.4, 0.5) is 0 Å². The number of nitrogens with zero attached hydrogens (tertiary/aromatic N) is 2. The van der Waals surface area contributed by atoms with E-state index in [2.05, 4.69) is 0 Å². The average molecular weight is 386 g/mol. The Bertz CT molecular complexity index is 823. The first kappa shape index (κ1) is 21.1. The van der Waals surface area contributed by atoms with Gasteiger partial charge in [0.25, 0.3) is 5.91 Å². The van der Waals surface area contributed by atoms with Gasteiger partial charge in [0.05, 0.1) is 27.9 Å². The molecule has 0 fully saturated rings. The van der Waals surface area contributed by atoms with Gasteiger partial charge in [0, 0.05) is 31.8 Å². The van der Waals surface area contributed by atoms with E-state index in [-0.39, 0.29) is 18.4 Å². The summed E-state index contributed by atoms with van der Waals surface area (Å²) in [4.78, 5) is 28.0. The Morgan fingerprint density at radius 3 is 2.04 bits per heavy atom. The molecule has 0 saturated carbocycles. The Morgan fingerprint density at radius 1 is 0.821 bits per heavy atom. The molecule has 0 bridgehead atoms. The van der Waals surface area contributed by atoms with Gasteiger partial charge in [-0.25, -0.2) is 0 Å². The number of carbonyl (C=O) groups is 2. The van der Waals surface area contributed by atoms with Crippen molar-refractivity contribution < 1.29 is 23.8 Å². The number of hydrogen-bond donors (Lipinski definition) is 0. The first-order valence-corrected chi connectivity index (χ1v) is 8.75. The topological polar surface area (TPSA) is 68.3 Å². The molecule has 0 N–H and O–H groups in total. The van der Waals surface area contributed by atoms with Crippen molar-refractivity contribution in [2.45, 2.75) is 6.54 Å². The van der Waals surface area contributed by atoms with E-state index in [9.17, 15) is 9.59 Å². The van der Waals surface area contributed by atoms with Crippen LogP contribution in [-0.2, 0) is 11.3 Å². The van der Waals surface area contributed by atoms with Crippen LogP contribution in [0.3, 0.4) is 0 Å². The van der Waals surface area contributed by atoms with Gasteiger partial charge in [-0.05, 0) is 24.3 Å². The smallest absolute Gasteiger partial charge is 0.254 e. The van der Waals surface area contributed by atoms with Crippen molar-refractivity contribution in [2.24, 2.45) is 0 Å². The van der Waals surface area contributed by atoms with E-state index >= 15 is 0 Å². The van der Waals surface area contributed by atoms with Crippen LogP contribution in [-0.4, -0.2) is 63.6 Å². The average Bonchev–Trinajstić information content (AvgIpc) is 2.72. The van der Waals surface area contributed by atoms with E-state index in [1.807, 2.05) is 12.1 Å². The summed E-state index contributed by atoms with van der Waals surface area (Å²) in [6.45, 7) is 0.273. The van der Waals surface area contributed by atoms with Crippen LogP contribution in [0.1, 0.15) is 15.9 Å². The molecule has 0 atom stereocenters. The zero-order valence-corrected chi connectivity index (χ0v) is 16.9. The van der Waals surface area contributed by atoms with Gasteiger partial charge in [-0.1, -0.05) is 18.2 Å². The number of methoxy groups -OCH3 is 3. The van der Waals surface area contributed by atoms with Crippen molar-refractivity contribution in [1.29, 1.82) is 0 Å². The molecule has 0 aliphatic carbocycles. The van der Waals surface area contributed by atoms with Gasteiger partial charge in [0.15, 0.2) is 11.5 Å². The van der Waals surface area contributed by atoms with Gasteiger partial charge in [-0.15, -0.1) is 0 Å². The Kier molecular flexibility index (Phi) is 7.26. The molecule has 2 aromatic carbocycles. The van der Waals surface area contributed by atoms with Gasteiger partial charge < -0.3 is 24.0 Å². The third-order valence-corrected chi connectivity index (χ3v) is 4.36. The lowest BCUT2D eigenvalue weighted by Gasteiger charge is -2.23. The van der Waals surface area contributed by atoms with Gasteiger partial charge in [-0.3, -0.25) is 9.59 Å². The zero-order valence-electron chi connectivity index (χ0n) is 16.9. The predicted octanol–water partition coefficient (Wildman–Crippen LogP) is 2.44. The first-order valence-electron chi connectivity index (χ1n) is 8.75. The fourth-order valence-corrected chi connectivity index (χ4v) is 2.83. The van der Waals surface area contributed by atoms with E-state index in [4.69, 9.17) is 14.2 Å². The number of rotatable bonds is 8. The maximum atomic E-state index is 12.6. The molecule has 28 heavy (non-hydrogen) atoms. The minimum absolute atomic E-state index is 0.0279. The normalized spacial score (nSPS) is 10.2. The summed E-state index contributed by atoms with van der Waals surface area (Å²) in [6.07, 6.45) is 0. The molecule has 0 unspecified atom stereocenters. The van der Waals surface area contributed by atoms with Crippen molar-refractivity contribution in [1.82, 2.24) is 9.80 Å². The Hall–Kier alpha value is -3.22. The first-order chi connectivity index (χ1) is 13.4. The highest BCUT2D eigenvalue weighted by atomic mass is 16.5. The third-order valence-electron chi connectivity index (χ3n) is 4.36. The molecule has 0 saturated heterocycles. The fourth-order valence-electron chi connectivity index (χ4n) is 2.83. The molecule has 0 aliphatic rings. The summed E-state index contributed by atoms with van der Waals surface area (Å²) in [5, 5.41) is 0. The van der Waals surface area contributed by atoms with E-state index < -0.39 is 0 Å². The number of amides is 2. The minimum Gasteiger partial charge on any atom is -0.493 e. The van der Waals surface area contributed by atoms with Crippen molar-refractivity contribution in [2.75, 3.05) is 42.0 Å². The molecule has 7 heteroatoms. The summed E-state index contributed by atoms with van der Waals surface area (Å²) in [6, 6.07) is 12.5. The van der Waals surface area contributed by atoms with Crippen LogP contribution in [0.2, 0.25) is 0 Å². The molecule has 0 spiro atoms. The van der Waals surface area contributed by atoms with Crippen LogP contribution in [0.5, 0.6) is 17.2 Å². The summed E-state index contributed by atoms with van der Waals surface area (Å²) < 4.78 is 16.1. The maximum absolute atomic E-state index is 12.6. The molecule has 150 valence electrons. The number of likely N-dealkylation sites (N-methyl/N-ethyl adjacent to an activating group) is 2. The number of carbonyl (C=O) groups excluding carboxylic acids is 2. The minimum atomic E-state index is -0.203. The fraction of sp³-hybridized carbons (Fsp3) is 0.333. The standard InChI is InChI=1S/C21H26N2O5/c1-22(13-16-11-12-17(26-3)20(28-5)19(16)27-4)18(24)14-23(2)21(25)15-9-7-6-8-10-15/h6-12H,13-14H2,1-5H3. The van der Waals surface area contributed by atoms with E-state index in [0.29, 0.717) is 29.4 Å². The highest BCUT2D eigenvalue weighted by Crippen LogP contribution is 2.40. The zero-order chi connectivity index (χ0) is 20.7. The lowest BCUT2D eigenvalue weighted by Crippen LogP contribution is -2.39. The van der Waals surface area contributed by atoms with Crippen LogP contribution in [0.15, 0.2) is 42.5 Å². The van der Waals surface area contributed by atoms with Crippen LogP contribution >= 0.6 is 0 Å². The van der Waals surface area contributed by atoms with Crippen molar-refractivity contribution in [3.8, 4) is 17.2 Å². The summed E-state index contributed by atoms with van der Waals surface area (Å²) >= 11 is 0. The highest BCUT2D eigenvalue weighted by molar-refractivity contribution is 5.96. The van der Waals surface area contributed by atoms with Gasteiger partial charge in [-0.2, -0.15) is 0 Å². The molecule has 2 aromatic rings. The maximum Gasteiger partial charge on any atom is 0.254 e. The second-order valence-corrected chi connectivity index (χ2v) is 6.27. The van der Waals surface area contributed by atoms with Crippen molar-refractivity contribution >= 4 is 11.8 Å². The molecule has 0 heterocycles. The quantitative estimate of drug-likeness (QED) is 0.697. The summed E-state index contributed by atoms with van der Waals surface area (Å²) in [7, 11) is 7.90. The summed E-state index contributed by atoms with van der Waals surface area (Å²) in [5.41, 5.74) is 1.31. The lowest BCUT2D eigenvalue weighted by molar-refractivity contribution is -0.130. The number of benzene rings is 2. The largest absolute Gasteiger partial charge is 0.493 e. The molecule has 0 radical (unpaired) electrons. The van der Waals surface area contributed by atoms with Crippen molar-refractivity contribution in [3.63, 3.8) is 0 Å². The molecule has 0 aliphatic heterocycles. The monoisotopic (exact) mass is 386 g/mol. The van der Waals surface area contributed by atoms with Gasteiger partial charge in [0.2, 0.25) is 11.7 Å². The van der Waals surface area contributed by atoms with E-state index in [0.717, 1.165) is 5.56 Å². The second-order valence-electron chi connectivity index (χ2n) is 6.27. The second kappa shape index (κ2) is 9.64. The molecular formula is C21H26N2O5. The number of ether oxygens (including phenoxy) is 3.